The van der Waals surface area contributed by atoms with E-state index in [1.807, 2.05) is 25.7 Å². The van der Waals surface area contributed by atoms with Crippen molar-refractivity contribution in [3.05, 3.63) is 0 Å². The van der Waals surface area contributed by atoms with Crippen molar-refractivity contribution in [2.45, 2.75) is 17.0 Å². The van der Waals surface area contributed by atoms with Crippen molar-refractivity contribution in [3.63, 3.8) is 0 Å². The van der Waals surface area contributed by atoms with E-state index in [4.69, 9.17) is 5.41 Å². The molecule has 2 nitrogen and oxygen atoms in total. The van der Waals surface area contributed by atoms with E-state index < -0.39 is 3.68 Å². The van der Waals surface area contributed by atoms with Gasteiger partial charge in [-0.3, -0.25) is 0 Å². The minimum absolute atomic E-state index is 0.255. The van der Waals surface area contributed by atoms with Crippen LogP contribution >= 0.6 is 22.6 Å². The number of alkyl halides is 3. The van der Waals surface area contributed by atoms with Crippen LogP contribution < -0.4 is 21.5 Å². The first-order valence-corrected chi connectivity index (χ1v) is 6.88. The third-order valence-corrected chi connectivity index (χ3v) is 7.40. The van der Waals surface area contributed by atoms with Crippen molar-refractivity contribution in [3.8, 4) is 0 Å². The van der Waals surface area contributed by atoms with Crippen molar-refractivity contribution in [1.82, 2.24) is 3.11 Å². The van der Waals surface area contributed by atoms with E-state index in [9.17, 15) is 4.39 Å². The van der Waals surface area contributed by atoms with Gasteiger partial charge in [-0.2, -0.15) is 0 Å². The molecular weight excluding hydrogens is 373 g/mol. The zero-order valence-electron chi connectivity index (χ0n) is 6.20. The zero-order valence-corrected chi connectivity index (χ0v) is 10.5. The molecule has 1 atom stereocenters. The second-order valence-corrected chi connectivity index (χ2v) is 7.07. The molecule has 1 aliphatic rings. The second-order valence-electron chi connectivity index (χ2n) is 2.53. The number of amidine groups is 1. The van der Waals surface area contributed by atoms with Crippen LogP contribution in [0.5, 0.6) is 0 Å². The molecule has 0 spiro atoms. The van der Waals surface area contributed by atoms with Gasteiger partial charge in [0.1, 0.15) is 0 Å². The fourth-order valence-electron chi connectivity index (χ4n) is 0.805. The van der Waals surface area contributed by atoms with Gasteiger partial charge in [0.15, 0.2) is 0 Å². The van der Waals surface area contributed by atoms with Crippen LogP contribution in [0.1, 0.15) is 13.3 Å². The fraction of sp³-hybridized carbons (Fsp3) is 0.833. The van der Waals surface area contributed by atoms with Crippen molar-refractivity contribution in [2.24, 2.45) is 0 Å². The summed E-state index contributed by atoms with van der Waals surface area (Å²) in [7, 11) is 0. The molecular formula is C6H10FI2N2-. The first-order valence-electron chi connectivity index (χ1n) is 3.31. The van der Waals surface area contributed by atoms with Gasteiger partial charge in [-0.25, -0.2) is 0 Å². The maximum absolute atomic E-state index is 13.2. The molecule has 0 radical (unpaired) electrons. The van der Waals surface area contributed by atoms with Gasteiger partial charge in [-0.1, -0.05) is 0 Å². The molecule has 1 heterocycles. The van der Waals surface area contributed by atoms with Crippen LogP contribution in [-0.2, 0) is 0 Å². The summed E-state index contributed by atoms with van der Waals surface area (Å²) in [6.07, 6.45) is 0.573. The van der Waals surface area contributed by atoms with Gasteiger partial charge in [0.2, 0.25) is 0 Å². The van der Waals surface area contributed by atoms with Crippen LogP contribution in [0.2, 0.25) is 0 Å². The van der Waals surface area contributed by atoms with Gasteiger partial charge in [0, 0.05) is 0 Å². The van der Waals surface area contributed by atoms with Crippen molar-refractivity contribution in [2.75, 3.05) is 11.0 Å². The molecule has 0 amide bonds. The van der Waals surface area contributed by atoms with E-state index in [0.717, 1.165) is 6.54 Å². The average Bonchev–Trinajstić information content (AvgIpc) is 1.86. The van der Waals surface area contributed by atoms with E-state index in [1.165, 1.54) is 0 Å². The summed E-state index contributed by atoms with van der Waals surface area (Å²) in [5, 5.41) is 7.35. The Morgan fingerprint density at radius 1 is 1.82 bits per heavy atom. The molecule has 1 aliphatic heterocycles. The van der Waals surface area contributed by atoms with Gasteiger partial charge in [0.25, 0.3) is 0 Å². The summed E-state index contributed by atoms with van der Waals surface area (Å²) in [5.74, 6) is 0.602. The molecule has 1 fully saturated rings. The third kappa shape index (κ3) is 3.00. The van der Waals surface area contributed by atoms with E-state index in [1.54, 1.807) is 6.92 Å². The SMILES string of the molecule is CC(=N)N1CCC(F)(I)C[I-]1. The molecule has 5 heteroatoms. The van der Waals surface area contributed by atoms with E-state index in [0.29, 0.717) is 16.7 Å². The molecule has 1 saturated heterocycles. The number of halogens is 3. The predicted octanol–water partition coefficient (Wildman–Crippen LogP) is -1.21. The first kappa shape index (κ1) is 9.94. The van der Waals surface area contributed by atoms with Crippen LogP contribution in [0.25, 0.3) is 0 Å². The quantitative estimate of drug-likeness (QED) is 0.184. The molecule has 0 saturated carbocycles. The number of nitrogens with zero attached hydrogens (tertiary/aromatic N) is 1. The summed E-state index contributed by atoms with van der Waals surface area (Å²) in [4.78, 5) is 0. The van der Waals surface area contributed by atoms with Crippen molar-refractivity contribution in [1.29, 1.82) is 5.41 Å². The van der Waals surface area contributed by atoms with Crippen molar-refractivity contribution < 1.29 is 25.9 Å². The van der Waals surface area contributed by atoms with Gasteiger partial charge in [-0.05, 0) is 0 Å². The molecule has 66 valence electrons. The van der Waals surface area contributed by atoms with Crippen molar-refractivity contribution >= 4 is 28.4 Å². The summed E-state index contributed by atoms with van der Waals surface area (Å²) < 4.78 is 14.9. The van der Waals surface area contributed by atoms with Gasteiger partial charge < -0.3 is 0 Å². The molecule has 1 rings (SSSR count). The molecule has 1 N–H and O–H groups in total. The molecule has 0 aliphatic carbocycles. The first-order chi connectivity index (χ1) is 5.01. The second kappa shape index (κ2) is 3.71. The third-order valence-electron chi connectivity index (χ3n) is 1.44. The normalized spacial score (nSPS) is 32.8. The fourth-order valence-corrected chi connectivity index (χ4v) is 4.30. The molecule has 1 unspecified atom stereocenters. The van der Waals surface area contributed by atoms with Gasteiger partial charge in [0.05, 0.1) is 0 Å². The summed E-state index contributed by atoms with van der Waals surface area (Å²) in [5.41, 5.74) is 0. The Bertz CT molecular complexity index is 162. The zero-order chi connectivity index (χ0) is 8.48. The Kier molecular flexibility index (Phi) is 3.36. The monoisotopic (exact) mass is 383 g/mol. The van der Waals surface area contributed by atoms with E-state index in [-0.39, 0.29) is 21.5 Å². The number of nitrogens with one attached hydrogen (secondary N) is 1. The average molecular weight is 383 g/mol. The van der Waals surface area contributed by atoms with Crippen LogP contribution in [0.3, 0.4) is 0 Å². The Morgan fingerprint density at radius 2 is 2.45 bits per heavy atom. The molecule has 0 aromatic carbocycles. The summed E-state index contributed by atoms with van der Waals surface area (Å²) >= 11 is 1.63. The Morgan fingerprint density at radius 3 is 2.82 bits per heavy atom. The van der Waals surface area contributed by atoms with Gasteiger partial charge in [-0.15, -0.1) is 0 Å². The Labute approximate surface area is 90.2 Å². The Balaban J connectivity index is 2.42. The van der Waals surface area contributed by atoms with Crippen LogP contribution in [0.4, 0.5) is 4.39 Å². The van der Waals surface area contributed by atoms with Crippen LogP contribution in [0.15, 0.2) is 0 Å². The Hall–Kier alpha value is 0.860. The standard InChI is InChI=1S/C6H10FI2N2/c1-5(10)11-3-2-6(7,8)4-9-11/h10H,2-4H2,1H3/q-1. The predicted molar refractivity (Wildman–Crippen MR) is 47.4 cm³/mol. The van der Waals surface area contributed by atoms with E-state index >= 15 is 0 Å². The topological polar surface area (TPSA) is 27.1 Å². The van der Waals surface area contributed by atoms with E-state index in [2.05, 4.69) is 0 Å². The van der Waals surface area contributed by atoms with Gasteiger partial charge >= 0.3 is 90.8 Å². The maximum atomic E-state index is 13.2. The summed E-state index contributed by atoms with van der Waals surface area (Å²) in [6.45, 7) is 2.51. The number of rotatable bonds is 0. The molecule has 0 bridgehead atoms. The minimum atomic E-state index is -0.975. The van der Waals surface area contributed by atoms with Crippen LogP contribution in [-0.4, -0.2) is 23.6 Å². The summed E-state index contributed by atoms with van der Waals surface area (Å²) in [6, 6.07) is 0. The molecule has 0 aromatic heterocycles. The number of hydrogen-bond donors (Lipinski definition) is 1. The molecule has 11 heavy (non-hydrogen) atoms. The molecule has 0 aromatic rings. The van der Waals surface area contributed by atoms with Crippen LogP contribution in [0, 0.1) is 5.41 Å². The number of hydrogen-bond acceptors (Lipinski definition) is 1.